The van der Waals surface area contributed by atoms with Crippen molar-refractivity contribution in [2.75, 3.05) is 31.4 Å². The number of aromatic nitrogens is 2. The molecule has 7 heteroatoms. The first-order chi connectivity index (χ1) is 15.5. The largest absolute Gasteiger partial charge is 0.497 e. The van der Waals surface area contributed by atoms with Crippen molar-refractivity contribution in [3.63, 3.8) is 0 Å². The molecule has 1 amide bonds. The van der Waals surface area contributed by atoms with Crippen LogP contribution < -0.4 is 20.3 Å². The van der Waals surface area contributed by atoms with Crippen LogP contribution in [0.2, 0.25) is 0 Å². The topological polar surface area (TPSA) is 79.4 Å². The predicted molar refractivity (Wildman–Crippen MR) is 128 cm³/mol. The zero-order valence-electron chi connectivity index (χ0n) is 19.5. The number of rotatable bonds is 7. The smallest absolute Gasteiger partial charge is 0.225 e. The van der Waals surface area contributed by atoms with Crippen molar-refractivity contribution in [2.24, 2.45) is 0 Å². The lowest BCUT2D eigenvalue weighted by atomic mass is 9.91. The van der Waals surface area contributed by atoms with Crippen LogP contribution in [0.25, 0.3) is 0 Å². The molecule has 2 aliphatic rings. The highest BCUT2D eigenvalue weighted by molar-refractivity contribution is 5.78. The lowest BCUT2D eigenvalue weighted by Crippen LogP contribution is -2.41. The number of hydrogen-bond donors (Lipinski definition) is 2. The minimum Gasteiger partial charge on any atom is -0.497 e. The summed E-state index contributed by atoms with van der Waals surface area (Å²) in [6.45, 7) is 0. The van der Waals surface area contributed by atoms with Gasteiger partial charge in [-0.15, -0.1) is 0 Å². The van der Waals surface area contributed by atoms with Crippen LogP contribution in [0, 0.1) is 0 Å². The van der Waals surface area contributed by atoms with Crippen molar-refractivity contribution in [1.82, 2.24) is 15.3 Å². The number of ether oxygens (including phenoxy) is 1. The fourth-order valence-corrected chi connectivity index (χ4v) is 4.78. The molecule has 2 aromatic rings. The first-order valence-corrected chi connectivity index (χ1v) is 11.8. The Labute approximate surface area is 191 Å². The van der Waals surface area contributed by atoms with Crippen LogP contribution in [-0.2, 0) is 24.1 Å². The van der Waals surface area contributed by atoms with E-state index < -0.39 is 0 Å². The lowest BCUT2D eigenvalue weighted by molar-refractivity contribution is -0.121. The van der Waals surface area contributed by atoms with E-state index >= 15 is 0 Å². The van der Waals surface area contributed by atoms with Gasteiger partial charge in [0.05, 0.1) is 19.2 Å². The van der Waals surface area contributed by atoms with E-state index in [1.807, 2.05) is 24.3 Å². The van der Waals surface area contributed by atoms with Crippen LogP contribution in [0.15, 0.2) is 24.3 Å². The molecule has 0 spiro atoms. The van der Waals surface area contributed by atoms with E-state index in [4.69, 9.17) is 14.7 Å². The van der Waals surface area contributed by atoms with Crippen LogP contribution in [0.3, 0.4) is 0 Å². The third-order valence-corrected chi connectivity index (χ3v) is 6.53. The van der Waals surface area contributed by atoms with Crippen molar-refractivity contribution >= 4 is 17.7 Å². The van der Waals surface area contributed by atoms with Gasteiger partial charge in [-0.3, -0.25) is 4.79 Å². The van der Waals surface area contributed by atoms with Gasteiger partial charge in [-0.05, 0) is 69.1 Å². The molecule has 0 unspecified atom stereocenters. The van der Waals surface area contributed by atoms with Crippen molar-refractivity contribution in [2.45, 2.75) is 69.9 Å². The van der Waals surface area contributed by atoms with Gasteiger partial charge in [-0.1, -0.05) is 12.1 Å². The van der Waals surface area contributed by atoms with E-state index in [0.717, 1.165) is 61.6 Å². The summed E-state index contributed by atoms with van der Waals surface area (Å²) in [6.07, 6.45) is 8.89. The van der Waals surface area contributed by atoms with Crippen LogP contribution in [0.5, 0.6) is 5.75 Å². The fraction of sp³-hybridized carbons (Fsp3) is 0.560. The second-order valence-electron chi connectivity index (χ2n) is 9.18. The zero-order chi connectivity index (χ0) is 22.5. The maximum atomic E-state index is 12.5. The van der Waals surface area contributed by atoms with Crippen LogP contribution >= 0.6 is 0 Å². The van der Waals surface area contributed by atoms with E-state index in [1.54, 1.807) is 7.11 Å². The summed E-state index contributed by atoms with van der Waals surface area (Å²) in [5.41, 5.74) is 3.52. The Morgan fingerprint density at radius 2 is 1.72 bits per heavy atom. The van der Waals surface area contributed by atoms with Gasteiger partial charge in [0.15, 0.2) is 0 Å². The van der Waals surface area contributed by atoms with Gasteiger partial charge in [0.1, 0.15) is 11.6 Å². The molecule has 1 aromatic heterocycles. The molecule has 4 rings (SSSR count). The normalized spacial score (nSPS) is 20.2. The molecule has 0 aliphatic heterocycles. The maximum Gasteiger partial charge on any atom is 0.225 e. The monoisotopic (exact) mass is 437 g/mol. The Morgan fingerprint density at radius 1 is 1.03 bits per heavy atom. The molecule has 1 aromatic carbocycles. The van der Waals surface area contributed by atoms with E-state index in [9.17, 15) is 4.79 Å². The summed E-state index contributed by atoms with van der Waals surface area (Å²) in [5, 5.41) is 6.79. The number of methoxy groups -OCH3 is 1. The number of amides is 1. The average Bonchev–Trinajstić information content (AvgIpc) is 2.80. The Bertz CT molecular complexity index is 921. The quantitative estimate of drug-likeness (QED) is 0.690. The van der Waals surface area contributed by atoms with Gasteiger partial charge in [0.2, 0.25) is 11.9 Å². The Morgan fingerprint density at radius 3 is 2.41 bits per heavy atom. The average molecular weight is 438 g/mol. The number of anilines is 2. The lowest BCUT2D eigenvalue weighted by Gasteiger charge is -2.30. The molecule has 0 atom stereocenters. The van der Waals surface area contributed by atoms with Crippen molar-refractivity contribution < 1.29 is 9.53 Å². The number of hydrogen-bond acceptors (Lipinski definition) is 6. The van der Waals surface area contributed by atoms with Gasteiger partial charge in [-0.25, -0.2) is 4.98 Å². The predicted octanol–water partition coefficient (Wildman–Crippen LogP) is 3.51. The summed E-state index contributed by atoms with van der Waals surface area (Å²) < 4.78 is 5.18. The van der Waals surface area contributed by atoms with E-state index in [1.165, 1.54) is 24.1 Å². The molecule has 0 bridgehead atoms. The number of nitrogens with one attached hydrogen (secondary N) is 2. The van der Waals surface area contributed by atoms with Gasteiger partial charge in [0.25, 0.3) is 0 Å². The number of carbonyl (C=O) groups is 1. The number of fused-ring (bicyclic) bond motifs is 1. The summed E-state index contributed by atoms with van der Waals surface area (Å²) in [7, 11) is 5.76. The third kappa shape index (κ3) is 5.50. The molecule has 172 valence electrons. The minimum absolute atomic E-state index is 0.0835. The minimum atomic E-state index is 0.0835. The highest BCUT2D eigenvalue weighted by atomic mass is 16.5. The SMILES string of the molecule is COc1ccc(CC(=O)NC2CCC(Nc3nc4c(c(N(C)C)n3)CCCC4)CC2)cc1. The molecular weight excluding hydrogens is 402 g/mol. The first kappa shape index (κ1) is 22.4. The molecule has 0 saturated heterocycles. The summed E-state index contributed by atoms with van der Waals surface area (Å²) in [5.74, 6) is 2.69. The summed E-state index contributed by atoms with van der Waals surface area (Å²) in [4.78, 5) is 24.2. The molecule has 1 fully saturated rings. The van der Waals surface area contributed by atoms with Crippen molar-refractivity contribution in [3.05, 3.63) is 41.1 Å². The second kappa shape index (κ2) is 10.2. The Kier molecular flexibility index (Phi) is 7.12. The number of benzene rings is 1. The van der Waals surface area contributed by atoms with Gasteiger partial charge >= 0.3 is 0 Å². The molecule has 1 heterocycles. The second-order valence-corrected chi connectivity index (χ2v) is 9.18. The molecule has 32 heavy (non-hydrogen) atoms. The zero-order valence-corrected chi connectivity index (χ0v) is 19.5. The molecule has 2 N–H and O–H groups in total. The first-order valence-electron chi connectivity index (χ1n) is 11.8. The molecule has 1 saturated carbocycles. The fourth-order valence-electron chi connectivity index (χ4n) is 4.78. The molecule has 0 radical (unpaired) electrons. The molecular formula is C25H35N5O2. The van der Waals surface area contributed by atoms with E-state index in [-0.39, 0.29) is 11.9 Å². The van der Waals surface area contributed by atoms with Gasteiger partial charge in [-0.2, -0.15) is 4.98 Å². The Balaban J connectivity index is 1.28. The van der Waals surface area contributed by atoms with Crippen molar-refractivity contribution in [1.29, 1.82) is 0 Å². The van der Waals surface area contributed by atoms with E-state index in [2.05, 4.69) is 29.6 Å². The standard InChI is InChI=1S/C25H35N5O2/c1-30(2)24-21-6-4-5-7-22(21)28-25(29-24)27-19-12-10-18(11-13-19)26-23(31)16-17-8-14-20(32-3)15-9-17/h8-9,14-15,18-19H,4-7,10-13,16H2,1-3H3,(H,26,31)(H,27,28,29). The molecule has 7 nitrogen and oxygen atoms in total. The van der Waals surface area contributed by atoms with Crippen molar-refractivity contribution in [3.8, 4) is 5.75 Å². The molecule has 2 aliphatic carbocycles. The maximum absolute atomic E-state index is 12.5. The summed E-state index contributed by atoms with van der Waals surface area (Å²) in [6, 6.07) is 8.26. The van der Waals surface area contributed by atoms with Crippen LogP contribution in [0.1, 0.15) is 55.3 Å². The van der Waals surface area contributed by atoms with Crippen LogP contribution in [0.4, 0.5) is 11.8 Å². The highest BCUT2D eigenvalue weighted by Gasteiger charge is 2.24. The Hall–Kier alpha value is -2.83. The summed E-state index contributed by atoms with van der Waals surface area (Å²) >= 11 is 0. The number of nitrogens with zero attached hydrogens (tertiary/aromatic N) is 3. The van der Waals surface area contributed by atoms with Gasteiger partial charge < -0.3 is 20.3 Å². The third-order valence-electron chi connectivity index (χ3n) is 6.53. The van der Waals surface area contributed by atoms with Gasteiger partial charge in [0, 0.05) is 31.7 Å². The number of aryl methyl sites for hydroxylation is 1. The highest BCUT2D eigenvalue weighted by Crippen LogP contribution is 2.29. The van der Waals surface area contributed by atoms with E-state index in [0.29, 0.717) is 12.5 Å². The van der Waals surface area contributed by atoms with Crippen LogP contribution in [-0.4, -0.2) is 49.2 Å². The number of carbonyl (C=O) groups excluding carboxylic acids is 1.